The van der Waals surface area contributed by atoms with E-state index in [0.717, 1.165) is 25.7 Å². The van der Waals surface area contributed by atoms with E-state index in [1.165, 1.54) is 64.2 Å². The molecule has 0 bridgehead atoms. The van der Waals surface area contributed by atoms with E-state index in [1.54, 1.807) is 0 Å². The zero-order valence-electron chi connectivity index (χ0n) is 14.1. The molecule has 0 aliphatic carbocycles. The van der Waals surface area contributed by atoms with Gasteiger partial charge < -0.3 is 15.3 Å². The molecule has 0 rings (SSSR count). The van der Waals surface area contributed by atoms with E-state index in [0.29, 0.717) is 13.0 Å². The van der Waals surface area contributed by atoms with Crippen molar-refractivity contribution in [3.05, 3.63) is 0 Å². The van der Waals surface area contributed by atoms with Crippen molar-refractivity contribution in [1.29, 1.82) is 0 Å². The van der Waals surface area contributed by atoms with Gasteiger partial charge in [0, 0.05) is 6.61 Å². The van der Waals surface area contributed by atoms with Crippen molar-refractivity contribution >= 4 is 5.97 Å². The van der Waals surface area contributed by atoms with Crippen LogP contribution in [-0.4, -0.2) is 34.0 Å². The first kappa shape index (κ1) is 21.4. The Hall–Kier alpha value is -0.610. The summed E-state index contributed by atoms with van der Waals surface area (Å²) in [5.41, 5.74) is 0. The Balaban J connectivity index is 3.04. The van der Waals surface area contributed by atoms with Gasteiger partial charge in [-0.25, -0.2) is 4.79 Å². The lowest BCUT2D eigenvalue weighted by Crippen LogP contribution is -2.18. The highest BCUT2D eigenvalue weighted by Crippen LogP contribution is 2.13. The SMILES string of the molecule is O=C(O)C(O)CCCCCCCCCCCCCCCCO. The van der Waals surface area contributed by atoms with Crippen LogP contribution in [0.25, 0.3) is 0 Å². The summed E-state index contributed by atoms with van der Waals surface area (Å²) in [6, 6.07) is 0. The number of aliphatic hydroxyl groups is 2. The van der Waals surface area contributed by atoms with Gasteiger partial charge in [-0.15, -0.1) is 0 Å². The fourth-order valence-corrected chi connectivity index (χ4v) is 2.69. The predicted molar refractivity (Wildman–Crippen MR) is 90.0 cm³/mol. The molecule has 4 heteroatoms. The van der Waals surface area contributed by atoms with Crippen molar-refractivity contribution in [1.82, 2.24) is 0 Å². The Morgan fingerprint density at radius 2 is 0.955 bits per heavy atom. The minimum absolute atomic E-state index is 0.333. The number of aliphatic carboxylic acids is 1. The smallest absolute Gasteiger partial charge is 0.332 e. The summed E-state index contributed by atoms with van der Waals surface area (Å²) < 4.78 is 0. The molecule has 0 saturated carbocycles. The number of carbonyl (C=O) groups is 1. The average Bonchev–Trinajstić information content (AvgIpc) is 2.50. The lowest BCUT2D eigenvalue weighted by molar-refractivity contribution is -0.146. The van der Waals surface area contributed by atoms with Gasteiger partial charge in [-0.05, 0) is 12.8 Å². The van der Waals surface area contributed by atoms with Gasteiger partial charge in [-0.2, -0.15) is 0 Å². The quantitative estimate of drug-likeness (QED) is 0.350. The molecule has 0 aliphatic rings. The van der Waals surface area contributed by atoms with Crippen molar-refractivity contribution in [2.45, 2.75) is 102 Å². The fourth-order valence-electron chi connectivity index (χ4n) is 2.69. The minimum Gasteiger partial charge on any atom is -0.479 e. The Kier molecular flexibility index (Phi) is 16.3. The maximum Gasteiger partial charge on any atom is 0.332 e. The van der Waals surface area contributed by atoms with Crippen LogP contribution in [0.2, 0.25) is 0 Å². The molecule has 1 unspecified atom stereocenters. The number of hydrogen-bond donors (Lipinski definition) is 3. The van der Waals surface area contributed by atoms with Crippen LogP contribution < -0.4 is 0 Å². The molecular weight excluding hydrogens is 280 g/mol. The van der Waals surface area contributed by atoms with Gasteiger partial charge in [-0.1, -0.05) is 83.5 Å². The summed E-state index contributed by atoms with van der Waals surface area (Å²) in [6.45, 7) is 0.333. The number of carboxylic acids is 1. The van der Waals surface area contributed by atoms with Crippen LogP contribution in [-0.2, 0) is 4.79 Å². The van der Waals surface area contributed by atoms with Crippen molar-refractivity contribution in [3.8, 4) is 0 Å². The van der Waals surface area contributed by atoms with E-state index in [9.17, 15) is 4.79 Å². The van der Waals surface area contributed by atoms with Crippen LogP contribution in [0.15, 0.2) is 0 Å². The molecule has 0 aromatic heterocycles. The molecule has 0 aromatic rings. The van der Waals surface area contributed by atoms with Crippen molar-refractivity contribution in [2.75, 3.05) is 6.61 Å². The maximum atomic E-state index is 10.4. The zero-order chi connectivity index (χ0) is 16.5. The van der Waals surface area contributed by atoms with Crippen molar-refractivity contribution in [3.63, 3.8) is 0 Å². The highest BCUT2D eigenvalue weighted by atomic mass is 16.4. The molecule has 132 valence electrons. The first-order valence-electron chi connectivity index (χ1n) is 9.20. The molecule has 4 nitrogen and oxygen atoms in total. The number of rotatable bonds is 17. The number of carboxylic acid groups (broad SMARTS) is 1. The standard InChI is InChI=1S/C18H36O4/c19-16-14-12-10-8-6-4-2-1-3-5-7-9-11-13-15-17(20)18(21)22/h17,19-20H,1-16H2,(H,21,22). The molecule has 22 heavy (non-hydrogen) atoms. The van der Waals surface area contributed by atoms with Gasteiger partial charge in [0.2, 0.25) is 0 Å². The monoisotopic (exact) mass is 316 g/mol. The third-order valence-electron chi connectivity index (χ3n) is 4.17. The molecular formula is C18H36O4. The predicted octanol–water partition coefficient (Wildman–Crippen LogP) is 4.28. The van der Waals surface area contributed by atoms with Crippen LogP contribution in [0, 0.1) is 0 Å². The largest absolute Gasteiger partial charge is 0.479 e. The normalized spacial score (nSPS) is 12.5. The van der Waals surface area contributed by atoms with Crippen LogP contribution in [0.1, 0.15) is 96.3 Å². The van der Waals surface area contributed by atoms with E-state index in [2.05, 4.69) is 0 Å². The molecule has 0 spiro atoms. The van der Waals surface area contributed by atoms with E-state index < -0.39 is 12.1 Å². The second-order valence-corrected chi connectivity index (χ2v) is 6.32. The topological polar surface area (TPSA) is 77.8 Å². The van der Waals surface area contributed by atoms with Crippen LogP contribution >= 0.6 is 0 Å². The Morgan fingerprint density at radius 3 is 1.27 bits per heavy atom. The van der Waals surface area contributed by atoms with Crippen molar-refractivity contribution < 1.29 is 20.1 Å². The third-order valence-corrected chi connectivity index (χ3v) is 4.17. The van der Waals surface area contributed by atoms with E-state index in [-0.39, 0.29) is 0 Å². The summed E-state index contributed by atoms with van der Waals surface area (Å²) in [5, 5.41) is 26.3. The van der Waals surface area contributed by atoms with Crippen LogP contribution in [0.5, 0.6) is 0 Å². The van der Waals surface area contributed by atoms with Gasteiger partial charge in [0.15, 0.2) is 6.10 Å². The number of hydrogen-bond acceptors (Lipinski definition) is 3. The van der Waals surface area contributed by atoms with Gasteiger partial charge in [-0.3, -0.25) is 0 Å². The lowest BCUT2D eigenvalue weighted by atomic mass is 10.0. The molecule has 1 atom stereocenters. The molecule has 0 fully saturated rings. The molecule has 0 heterocycles. The molecule has 0 aromatic carbocycles. The molecule has 0 radical (unpaired) electrons. The second-order valence-electron chi connectivity index (χ2n) is 6.32. The maximum absolute atomic E-state index is 10.4. The van der Waals surface area contributed by atoms with Crippen LogP contribution in [0.4, 0.5) is 0 Å². The highest BCUT2D eigenvalue weighted by Gasteiger charge is 2.11. The van der Waals surface area contributed by atoms with E-state index >= 15 is 0 Å². The lowest BCUT2D eigenvalue weighted by Gasteiger charge is -2.05. The number of aliphatic hydroxyl groups excluding tert-OH is 2. The average molecular weight is 316 g/mol. The molecule has 3 N–H and O–H groups in total. The first-order valence-corrected chi connectivity index (χ1v) is 9.20. The summed E-state index contributed by atoms with van der Waals surface area (Å²) in [5.74, 6) is -1.10. The van der Waals surface area contributed by atoms with Gasteiger partial charge in [0.1, 0.15) is 0 Å². The van der Waals surface area contributed by atoms with Crippen LogP contribution in [0.3, 0.4) is 0 Å². The highest BCUT2D eigenvalue weighted by molar-refractivity contribution is 5.71. The van der Waals surface area contributed by atoms with Gasteiger partial charge >= 0.3 is 5.97 Å². The first-order chi connectivity index (χ1) is 10.7. The summed E-state index contributed by atoms with van der Waals surface area (Å²) in [7, 11) is 0. The Morgan fingerprint density at radius 1 is 0.636 bits per heavy atom. The summed E-state index contributed by atoms with van der Waals surface area (Å²) in [4.78, 5) is 10.4. The molecule has 0 amide bonds. The zero-order valence-corrected chi connectivity index (χ0v) is 14.1. The molecule has 0 saturated heterocycles. The van der Waals surface area contributed by atoms with Gasteiger partial charge in [0.05, 0.1) is 0 Å². The van der Waals surface area contributed by atoms with E-state index in [4.69, 9.17) is 15.3 Å². The second kappa shape index (κ2) is 16.8. The van der Waals surface area contributed by atoms with E-state index in [1.807, 2.05) is 0 Å². The Labute approximate surface area is 135 Å². The summed E-state index contributed by atoms with van der Waals surface area (Å²) in [6.07, 6.45) is 16.0. The minimum atomic E-state index is -1.18. The third kappa shape index (κ3) is 15.8. The Bertz CT molecular complexity index is 243. The number of unbranched alkanes of at least 4 members (excludes halogenated alkanes) is 13. The fraction of sp³-hybridized carbons (Fsp3) is 0.944. The molecule has 0 aliphatic heterocycles. The van der Waals surface area contributed by atoms with Crippen molar-refractivity contribution in [2.24, 2.45) is 0 Å². The summed E-state index contributed by atoms with van der Waals surface area (Å²) >= 11 is 0. The van der Waals surface area contributed by atoms with Gasteiger partial charge in [0.25, 0.3) is 0 Å².